The van der Waals surface area contributed by atoms with E-state index in [2.05, 4.69) is 13.5 Å². The Balaban J connectivity index is 2.24. The average molecular weight is 126 g/mol. The first-order valence-corrected chi connectivity index (χ1v) is 3.60. The molecule has 1 N–H and O–H groups in total. The molecule has 0 saturated heterocycles. The van der Waals surface area contributed by atoms with Crippen LogP contribution in [0, 0.1) is 11.8 Å². The average Bonchev–Trinajstić information content (AvgIpc) is 2.64. The predicted molar refractivity (Wildman–Crippen MR) is 38.1 cm³/mol. The van der Waals surface area contributed by atoms with E-state index in [9.17, 15) is 5.11 Å². The Bertz CT molecular complexity index is 109. The molecule has 1 fully saturated rings. The summed E-state index contributed by atoms with van der Waals surface area (Å²) in [5, 5.41) is 9.18. The summed E-state index contributed by atoms with van der Waals surface area (Å²) >= 11 is 0. The van der Waals surface area contributed by atoms with Crippen LogP contribution in [0.4, 0.5) is 0 Å². The van der Waals surface area contributed by atoms with Crippen LogP contribution >= 0.6 is 0 Å². The summed E-state index contributed by atoms with van der Waals surface area (Å²) in [5.74, 6) is 1.31. The number of hydrogen-bond acceptors (Lipinski definition) is 1. The number of aliphatic hydroxyl groups is 1. The first-order valence-electron chi connectivity index (χ1n) is 3.60. The molecule has 3 atom stereocenters. The van der Waals surface area contributed by atoms with Crippen molar-refractivity contribution < 1.29 is 5.11 Å². The standard InChI is InChI=1S/C8H14O/c1-3-6-5-7(6)8(9)4-2/h4,6-9H,2-3,5H2,1H3. The fourth-order valence-corrected chi connectivity index (χ4v) is 1.33. The minimum absolute atomic E-state index is 0.241. The summed E-state index contributed by atoms with van der Waals surface area (Å²) in [4.78, 5) is 0. The van der Waals surface area contributed by atoms with E-state index in [1.54, 1.807) is 6.08 Å². The van der Waals surface area contributed by atoms with Crippen LogP contribution in [0.5, 0.6) is 0 Å². The van der Waals surface area contributed by atoms with E-state index in [1.807, 2.05) is 0 Å². The highest BCUT2D eigenvalue weighted by Gasteiger charge is 2.39. The highest BCUT2D eigenvalue weighted by Crippen LogP contribution is 2.43. The minimum Gasteiger partial charge on any atom is -0.389 e. The van der Waals surface area contributed by atoms with Gasteiger partial charge in [-0.2, -0.15) is 0 Å². The van der Waals surface area contributed by atoms with Gasteiger partial charge in [0.2, 0.25) is 0 Å². The van der Waals surface area contributed by atoms with Gasteiger partial charge in [0.05, 0.1) is 6.10 Å². The van der Waals surface area contributed by atoms with E-state index in [-0.39, 0.29) is 6.10 Å². The number of aliphatic hydroxyl groups excluding tert-OH is 1. The topological polar surface area (TPSA) is 20.2 Å². The van der Waals surface area contributed by atoms with E-state index in [4.69, 9.17) is 0 Å². The molecule has 0 aromatic rings. The lowest BCUT2D eigenvalue weighted by molar-refractivity contribution is 0.192. The zero-order valence-electron chi connectivity index (χ0n) is 5.88. The quantitative estimate of drug-likeness (QED) is 0.569. The molecule has 9 heavy (non-hydrogen) atoms. The molecule has 0 radical (unpaired) electrons. The van der Waals surface area contributed by atoms with Crippen molar-refractivity contribution in [2.24, 2.45) is 11.8 Å². The maximum absolute atomic E-state index is 9.18. The lowest BCUT2D eigenvalue weighted by Crippen LogP contribution is -2.05. The van der Waals surface area contributed by atoms with E-state index >= 15 is 0 Å². The van der Waals surface area contributed by atoms with Crippen molar-refractivity contribution in [3.8, 4) is 0 Å². The maximum atomic E-state index is 9.18. The van der Waals surface area contributed by atoms with Crippen LogP contribution in [-0.4, -0.2) is 11.2 Å². The van der Waals surface area contributed by atoms with Crippen LogP contribution in [-0.2, 0) is 0 Å². The van der Waals surface area contributed by atoms with E-state index in [0.29, 0.717) is 5.92 Å². The lowest BCUT2D eigenvalue weighted by Gasteiger charge is -2.00. The Labute approximate surface area is 56.4 Å². The van der Waals surface area contributed by atoms with Crippen LogP contribution in [0.15, 0.2) is 12.7 Å². The van der Waals surface area contributed by atoms with E-state index in [0.717, 1.165) is 5.92 Å². The summed E-state index contributed by atoms with van der Waals surface area (Å²) in [5.41, 5.74) is 0. The molecular weight excluding hydrogens is 112 g/mol. The lowest BCUT2D eigenvalue weighted by atomic mass is 10.2. The van der Waals surface area contributed by atoms with Crippen LogP contribution < -0.4 is 0 Å². The highest BCUT2D eigenvalue weighted by molar-refractivity contribution is 4.97. The molecule has 0 bridgehead atoms. The Morgan fingerprint density at radius 2 is 2.56 bits per heavy atom. The van der Waals surface area contributed by atoms with Gasteiger partial charge < -0.3 is 5.11 Å². The van der Waals surface area contributed by atoms with Crippen molar-refractivity contribution in [1.29, 1.82) is 0 Å². The second-order valence-electron chi connectivity index (χ2n) is 2.79. The van der Waals surface area contributed by atoms with Gasteiger partial charge in [-0.1, -0.05) is 19.4 Å². The minimum atomic E-state index is -0.241. The fourth-order valence-electron chi connectivity index (χ4n) is 1.33. The van der Waals surface area contributed by atoms with Gasteiger partial charge in [0.25, 0.3) is 0 Å². The van der Waals surface area contributed by atoms with Crippen LogP contribution in [0.2, 0.25) is 0 Å². The third-order valence-electron chi connectivity index (χ3n) is 2.18. The number of hydrogen-bond donors (Lipinski definition) is 1. The van der Waals surface area contributed by atoms with Crippen molar-refractivity contribution in [3.63, 3.8) is 0 Å². The van der Waals surface area contributed by atoms with Gasteiger partial charge in [0.1, 0.15) is 0 Å². The van der Waals surface area contributed by atoms with E-state index in [1.165, 1.54) is 12.8 Å². The predicted octanol–water partition coefficient (Wildman–Crippen LogP) is 1.58. The molecule has 52 valence electrons. The third kappa shape index (κ3) is 1.33. The molecule has 1 saturated carbocycles. The third-order valence-corrected chi connectivity index (χ3v) is 2.18. The van der Waals surface area contributed by atoms with Gasteiger partial charge in [-0.05, 0) is 18.3 Å². The fraction of sp³-hybridized carbons (Fsp3) is 0.750. The molecule has 1 heteroatoms. The maximum Gasteiger partial charge on any atom is 0.0749 e. The summed E-state index contributed by atoms with van der Waals surface area (Å²) in [6.45, 7) is 5.71. The number of rotatable bonds is 3. The van der Waals surface area contributed by atoms with Crippen LogP contribution in [0.1, 0.15) is 19.8 Å². The molecule has 0 aromatic carbocycles. The van der Waals surface area contributed by atoms with Gasteiger partial charge in [-0.25, -0.2) is 0 Å². The van der Waals surface area contributed by atoms with Gasteiger partial charge in [0.15, 0.2) is 0 Å². The second-order valence-corrected chi connectivity index (χ2v) is 2.79. The molecule has 1 aliphatic carbocycles. The van der Waals surface area contributed by atoms with Crippen molar-refractivity contribution in [2.75, 3.05) is 0 Å². The molecule has 3 unspecified atom stereocenters. The van der Waals surface area contributed by atoms with Gasteiger partial charge >= 0.3 is 0 Å². The molecular formula is C8H14O. The first-order chi connectivity index (χ1) is 4.29. The van der Waals surface area contributed by atoms with E-state index < -0.39 is 0 Å². The zero-order chi connectivity index (χ0) is 6.85. The summed E-state index contributed by atoms with van der Waals surface area (Å²) in [7, 11) is 0. The molecule has 0 spiro atoms. The Morgan fingerprint density at radius 3 is 2.89 bits per heavy atom. The Kier molecular flexibility index (Phi) is 1.91. The molecule has 0 amide bonds. The normalized spacial score (nSPS) is 35.8. The van der Waals surface area contributed by atoms with Crippen molar-refractivity contribution in [3.05, 3.63) is 12.7 Å². The first kappa shape index (κ1) is 6.81. The molecule has 1 rings (SSSR count). The van der Waals surface area contributed by atoms with Crippen molar-refractivity contribution >= 4 is 0 Å². The van der Waals surface area contributed by atoms with Gasteiger partial charge in [-0.15, -0.1) is 6.58 Å². The van der Waals surface area contributed by atoms with Crippen molar-refractivity contribution in [1.82, 2.24) is 0 Å². The summed E-state index contributed by atoms with van der Waals surface area (Å²) in [6.07, 6.45) is 3.80. The smallest absolute Gasteiger partial charge is 0.0749 e. The summed E-state index contributed by atoms with van der Waals surface area (Å²) in [6, 6.07) is 0. The molecule has 0 heterocycles. The van der Waals surface area contributed by atoms with Gasteiger partial charge in [-0.3, -0.25) is 0 Å². The zero-order valence-corrected chi connectivity index (χ0v) is 5.88. The Hall–Kier alpha value is -0.300. The van der Waals surface area contributed by atoms with Crippen molar-refractivity contribution in [2.45, 2.75) is 25.9 Å². The SMILES string of the molecule is C=CC(O)C1CC1CC. The molecule has 0 aromatic heterocycles. The second kappa shape index (κ2) is 2.53. The monoisotopic (exact) mass is 126 g/mol. The largest absolute Gasteiger partial charge is 0.389 e. The van der Waals surface area contributed by atoms with Crippen LogP contribution in [0.25, 0.3) is 0 Å². The highest BCUT2D eigenvalue weighted by atomic mass is 16.3. The molecule has 1 nitrogen and oxygen atoms in total. The molecule has 1 aliphatic rings. The molecule has 0 aliphatic heterocycles. The van der Waals surface area contributed by atoms with Crippen LogP contribution in [0.3, 0.4) is 0 Å². The summed E-state index contributed by atoms with van der Waals surface area (Å²) < 4.78 is 0. The van der Waals surface area contributed by atoms with Gasteiger partial charge in [0, 0.05) is 0 Å². The Morgan fingerprint density at radius 1 is 1.89 bits per heavy atom.